The lowest BCUT2D eigenvalue weighted by molar-refractivity contribution is -0.115. The number of nitrogens with one attached hydrogen (secondary N) is 2. The molecule has 2 aromatic rings. The quantitative estimate of drug-likeness (QED) is 0.693. The number of anilines is 1. The Bertz CT molecular complexity index is 647. The number of benzene rings is 2. The third kappa shape index (κ3) is 6.36. The highest BCUT2D eigenvalue weighted by Crippen LogP contribution is 2.18. The highest BCUT2D eigenvalue weighted by atomic mass is 19.1. The molecule has 1 amide bonds. The van der Waals surface area contributed by atoms with Crippen molar-refractivity contribution in [1.29, 1.82) is 0 Å². The molecule has 0 saturated heterocycles. The summed E-state index contributed by atoms with van der Waals surface area (Å²) in [6, 6.07) is 13.3. The van der Waals surface area contributed by atoms with E-state index >= 15 is 0 Å². The van der Waals surface area contributed by atoms with Crippen molar-refractivity contribution in [2.45, 2.75) is 6.61 Å². The van der Waals surface area contributed by atoms with E-state index in [1.165, 1.54) is 12.1 Å². The van der Waals surface area contributed by atoms with Crippen molar-refractivity contribution in [2.24, 2.45) is 0 Å². The normalized spacial score (nSPS) is 10.4. The summed E-state index contributed by atoms with van der Waals surface area (Å²) in [6.45, 7) is 1.71. The van der Waals surface area contributed by atoms with Gasteiger partial charge in [0.15, 0.2) is 0 Å². The fourth-order valence-corrected chi connectivity index (χ4v) is 1.99. The van der Waals surface area contributed by atoms with E-state index in [1.807, 2.05) is 0 Å². The predicted octanol–water partition coefficient (Wildman–Crippen LogP) is 2.58. The molecule has 2 aromatic carbocycles. The molecule has 0 radical (unpaired) electrons. The Labute approximate surface area is 140 Å². The van der Waals surface area contributed by atoms with Gasteiger partial charge in [0.05, 0.1) is 13.2 Å². The fraction of sp³-hybridized carbons (Fsp3) is 0.278. The number of hydrogen-bond acceptors (Lipinski definition) is 4. The van der Waals surface area contributed by atoms with Crippen molar-refractivity contribution in [3.63, 3.8) is 0 Å². The lowest BCUT2D eigenvalue weighted by atomic mass is 10.2. The minimum Gasteiger partial charge on any atom is -0.489 e. The van der Waals surface area contributed by atoms with Gasteiger partial charge in [0, 0.05) is 25.4 Å². The average Bonchev–Trinajstić information content (AvgIpc) is 2.59. The fourth-order valence-electron chi connectivity index (χ4n) is 1.99. The molecule has 2 N–H and O–H groups in total. The molecule has 0 saturated carbocycles. The summed E-state index contributed by atoms with van der Waals surface area (Å²) in [5.41, 5.74) is 1.53. The number of methoxy groups -OCH3 is 1. The molecule has 5 nitrogen and oxygen atoms in total. The molecule has 0 atom stereocenters. The smallest absolute Gasteiger partial charge is 0.238 e. The van der Waals surface area contributed by atoms with Crippen molar-refractivity contribution in [3.8, 4) is 5.75 Å². The van der Waals surface area contributed by atoms with E-state index < -0.39 is 0 Å². The van der Waals surface area contributed by atoms with E-state index in [9.17, 15) is 9.18 Å². The van der Waals surface area contributed by atoms with Crippen LogP contribution < -0.4 is 15.4 Å². The second kappa shape index (κ2) is 9.64. The maximum Gasteiger partial charge on any atom is 0.238 e. The molecule has 0 heterocycles. The summed E-state index contributed by atoms with van der Waals surface area (Å²) in [5.74, 6) is 0.217. The van der Waals surface area contributed by atoms with Gasteiger partial charge >= 0.3 is 0 Å². The number of amides is 1. The van der Waals surface area contributed by atoms with Gasteiger partial charge in [-0.05, 0) is 29.8 Å². The van der Waals surface area contributed by atoms with E-state index in [0.717, 1.165) is 5.56 Å². The molecule has 0 bridgehead atoms. The minimum absolute atomic E-state index is 0.137. The van der Waals surface area contributed by atoms with Crippen LogP contribution in [0.4, 0.5) is 10.1 Å². The Morgan fingerprint density at radius 3 is 2.71 bits per heavy atom. The van der Waals surface area contributed by atoms with Gasteiger partial charge in [-0.3, -0.25) is 4.79 Å². The molecule has 0 aliphatic heterocycles. The third-order valence-electron chi connectivity index (χ3n) is 3.21. The lowest BCUT2D eigenvalue weighted by Gasteiger charge is -2.10. The SMILES string of the molecule is COCCNCC(=O)Nc1cccc(OCc2ccc(F)cc2)c1. The van der Waals surface area contributed by atoms with Crippen LogP contribution in [0.3, 0.4) is 0 Å². The standard InChI is InChI=1S/C18H21FN2O3/c1-23-10-9-20-12-18(22)21-16-3-2-4-17(11-16)24-13-14-5-7-15(19)8-6-14/h2-8,11,20H,9-10,12-13H2,1H3,(H,21,22). The molecule has 6 heteroatoms. The van der Waals surface area contributed by atoms with Crippen LogP contribution in [-0.4, -0.2) is 32.7 Å². The van der Waals surface area contributed by atoms with E-state index in [2.05, 4.69) is 10.6 Å². The zero-order chi connectivity index (χ0) is 17.2. The molecular formula is C18H21FN2O3. The number of hydrogen-bond donors (Lipinski definition) is 2. The maximum absolute atomic E-state index is 12.9. The van der Waals surface area contributed by atoms with Gasteiger partial charge in [-0.15, -0.1) is 0 Å². The summed E-state index contributed by atoms with van der Waals surface area (Å²) in [6.07, 6.45) is 0. The van der Waals surface area contributed by atoms with Crippen LogP contribution in [0.5, 0.6) is 5.75 Å². The van der Waals surface area contributed by atoms with Gasteiger partial charge in [0.2, 0.25) is 5.91 Å². The second-order valence-electron chi connectivity index (χ2n) is 5.16. The van der Waals surface area contributed by atoms with Crippen molar-refractivity contribution >= 4 is 11.6 Å². The number of ether oxygens (including phenoxy) is 2. The summed E-state index contributed by atoms with van der Waals surface area (Å²) < 4.78 is 23.4. The monoisotopic (exact) mass is 332 g/mol. The topological polar surface area (TPSA) is 59.6 Å². The van der Waals surface area contributed by atoms with E-state index in [-0.39, 0.29) is 18.3 Å². The van der Waals surface area contributed by atoms with Gasteiger partial charge in [0.25, 0.3) is 0 Å². The molecule has 0 aliphatic rings. The van der Waals surface area contributed by atoms with Gasteiger partial charge in [-0.25, -0.2) is 4.39 Å². The van der Waals surface area contributed by atoms with E-state index in [4.69, 9.17) is 9.47 Å². The number of rotatable bonds is 9. The highest BCUT2D eigenvalue weighted by Gasteiger charge is 2.03. The Balaban J connectivity index is 1.82. The third-order valence-corrected chi connectivity index (χ3v) is 3.21. The Morgan fingerprint density at radius 2 is 1.96 bits per heavy atom. The molecule has 0 fully saturated rings. The van der Waals surface area contributed by atoms with Crippen LogP contribution in [0.15, 0.2) is 48.5 Å². The van der Waals surface area contributed by atoms with Crippen LogP contribution in [0, 0.1) is 5.82 Å². The molecule has 0 aromatic heterocycles. The summed E-state index contributed by atoms with van der Waals surface area (Å²) in [5, 5.41) is 5.77. The Morgan fingerprint density at radius 1 is 1.17 bits per heavy atom. The molecule has 24 heavy (non-hydrogen) atoms. The first kappa shape index (κ1) is 17.9. The molecule has 0 aliphatic carbocycles. The zero-order valence-corrected chi connectivity index (χ0v) is 13.5. The van der Waals surface area contributed by atoms with Crippen LogP contribution >= 0.6 is 0 Å². The first-order valence-corrected chi connectivity index (χ1v) is 7.64. The summed E-state index contributed by atoms with van der Waals surface area (Å²) in [7, 11) is 1.61. The van der Waals surface area contributed by atoms with Crippen molar-refractivity contribution in [3.05, 3.63) is 59.9 Å². The number of carbonyl (C=O) groups is 1. The van der Waals surface area contributed by atoms with Gasteiger partial charge in [-0.2, -0.15) is 0 Å². The van der Waals surface area contributed by atoms with Crippen molar-refractivity contribution in [2.75, 3.05) is 32.1 Å². The molecule has 2 rings (SSSR count). The predicted molar refractivity (Wildman–Crippen MR) is 90.5 cm³/mol. The second-order valence-corrected chi connectivity index (χ2v) is 5.16. The number of carbonyl (C=O) groups excluding carboxylic acids is 1. The molecule has 0 spiro atoms. The molecular weight excluding hydrogens is 311 g/mol. The Kier molecular flexibility index (Phi) is 7.20. The molecule has 128 valence electrons. The van der Waals surface area contributed by atoms with Crippen molar-refractivity contribution in [1.82, 2.24) is 5.32 Å². The zero-order valence-electron chi connectivity index (χ0n) is 13.5. The van der Waals surface area contributed by atoms with Crippen LogP contribution in [-0.2, 0) is 16.1 Å². The van der Waals surface area contributed by atoms with Crippen LogP contribution in [0.2, 0.25) is 0 Å². The largest absolute Gasteiger partial charge is 0.489 e. The summed E-state index contributed by atoms with van der Waals surface area (Å²) >= 11 is 0. The van der Waals surface area contributed by atoms with Gasteiger partial charge in [-0.1, -0.05) is 18.2 Å². The van der Waals surface area contributed by atoms with E-state index in [1.54, 1.807) is 43.5 Å². The van der Waals surface area contributed by atoms with Gasteiger partial charge in [0.1, 0.15) is 18.2 Å². The number of halogens is 1. The summed E-state index contributed by atoms with van der Waals surface area (Å²) in [4.78, 5) is 11.8. The highest BCUT2D eigenvalue weighted by molar-refractivity contribution is 5.92. The first-order chi connectivity index (χ1) is 11.7. The van der Waals surface area contributed by atoms with Gasteiger partial charge < -0.3 is 20.1 Å². The first-order valence-electron chi connectivity index (χ1n) is 7.64. The lowest BCUT2D eigenvalue weighted by Crippen LogP contribution is -2.30. The van der Waals surface area contributed by atoms with Crippen molar-refractivity contribution < 1.29 is 18.7 Å². The minimum atomic E-state index is -0.275. The van der Waals surface area contributed by atoms with E-state index in [0.29, 0.717) is 31.2 Å². The Hall–Kier alpha value is -2.44. The molecule has 0 unspecified atom stereocenters. The average molecular weight is 332 g/mol. The maximum atomic E-state index is 12.9. The van der Waals surface area contributed by atoms with Crippen LogP contribution in [0.25, 0.3) is 0 Å². The van der Waals surface area contributed by atoms with Crippen LogP contribution in [0.1, 0.15) is 5.56 Å².